The molecule has 1 aliphatic heterocycles. The van der Waals surface area contributed by atoms with E-state index in [-0.39, 0.29) is 3.48 Å². The molecule has 33 heavy (non-hydrogen) atoms. The van der Waals surface area contributed by atoms with Gasteiger partial charge in [-0.15, -0.1) is 9.15 Å². The van der Waals surface area contributed by atoms with E-state index in [1.54, 1.807) is 0 Å². The largest absolute Gasteiger partial charge is 0.462 e. The van der Waals surface area contributed by atoms with E-state index in [9.17, 15) is 0 Å². The van der Waals surface area contributed by atoms with Crippen molar-refractivity contribution in [2.45, 2.75) is 123 Å². The van der Waals surface area contributed by atoms with Crippen molar-refractivity contribution in [3.8, 4) is 0 Å². The van der Waals surface area contributed by atoms with Crippen LogP contribution in [0.1, 0.15) is 108 Å². The lowest BCUT2D eigenvalue weighted by Gasteiger charge is -2.42. The van der Waals surface area contributed by atoms with Gasteiger partial charge in [0.05, 0.1) is 31.9 Å². The average Bonchev–Trinajstić information content (AvgIpc) is 2.90. The van der Waals surface area contributed by atoms with Crippen molar-refractivity contribution in [1.82, 2.24) is 0 Å². The highest BCUT2D eigenvalue weighted by atomic mass is 79.9. The molecule has 2 nitrogen and oxygen atoms in total. The molecule has 3 rings (SSSR count). The van der Waals surface area contributed by atoms with Gasteiger partial charge in [-0.1, -0.05) is 68.2 Å². The molecular formula is C29H52Br2N2+2. The minimum atomic E-state index is -0.335. The van der Waals surface area contributed by atoms with Gasteiger partial charge in [-0.05, 0) is 49.4 Å². The summed E-state index contributed by atoms with van der Waals surface area (Å²) in [4.78, 5) is 0. The monoisotopic (exact) mass is 586 g/mol. The molecule has 0 radical (unpaired) electrons. The van der Waals surface area contributed by atoms with Crippen LogP contribution in [0, 0.1) is 47.3 Å². The van der Waals surface area contributed by atoms with Gasteiger partial charge in [-0.2, -0.15) is 0 Å². The fourth-order valence-corrected chi connectivity index (χ4v) is 9.86. The Morgan fingerprint density at radius 2 is 0.818 bits per heavy atom. The molecule has 0 aromatic rings. The van der Waals surface area contributed by atoms with E-state index in [0.717, 1.165) is 23.7 Å². The zero-order valence-corrected chi connectivity index (χ0v) is 26.3. The summed E-state index contributed by atoms with van der Waals surface area (Å²) in [5, 5.41) is 0. The second-order valence-electron chi connectivity index (χ2n) is 12.9. The van der Waals surface area contributed by atoms with E-state index in [1.165, 1.54) is 49.9 Å². The Kier molecular flexibility index (Phi) is 9.07. The van der Waals surface area contributed by atoms with Crippen LogP contribution in [0.5, 0.6) is 0 Å². The highest BCUT2D eigenvalue weighted by molar-refractivity contribution is 9.25. The average molecular weight is 589 g/mol. The summed E-state index contributed by atoms with van der Waals surface area (Å²) < 4.78 is 5.25. The van der Waals surface area contributed by atoms with Crippen molar-refractivity contribution < 1.29 is 9.15 Å². The van der Waals surface area contributed by atoms with Gasteiger partial charge in [0.2, 0.25) is 11.4 Å². The fourth-order valence-electron chi connectivity index (χ4n) is 7.85. The molecular weight excluding hydrogens is 536 g/mol. The highest BCUT2D eigenvalue weighted by Crippen LogP contribution is 2.49. The van der Waals surface area contributed by atoms with E-state index in [0.29, 0.717) is 35.8 Å². The first-order chi connectivity index (χ1) is 15.3. The molecule has 4 atom stereocenters. The molecule has 3 aliphatic rings. The molecule has 0 aromatic carbocycles. The first kappa shape index (κ1) is 27.9. The molecule has 4 unspecified atom stereocenters. The number of alkyl halides is 2. The lowest BCUT2D eigenvalue weighted by Crippen LogP contribution is -2.57. The highest BCUT2D eigenvalue weighted by Gasteiger charge is 2.65. The molecule has 1 heterocycles. The van der Waals surface area contributed by atoms with Gasteiger partial charge in [0.15, 0.2) is 12.1 Å². The lowest BCUT2D eigenvalue weighted by atomic mass is 9.68. The van der Waals surface area contributed by atoms with Crippen molar-refractivity contribution in [1.29, 1.82) is 0 Å². The van der Waals surface area contributed by atoms with Gasteiger partial charge in [-0.25, -0.2) is 0 Å². The Balaban J connectivity index is 2.13. The summed E-state index contributed by atoms with van der Waals surface area (Å²) in [5.74, 6) is 5.75. The van der Waals surface area contributed by atoms with Crippen LogP contribution in [0.15, 0.2) is 0 Å². The van der Waals surface area contributed by atoms with Crippen LogP contribution in [0.25, 0.3) is 0 Å². The first-order valence-electron chi connectivity index (χ1n) is 14.0. The van der Waals surface area contributed by atoms with Gasteiger partial charge in [0, 0.05) is 37.5 Å². The van der Waals surface area contributed by atoms with Crippen molar-refractivity contribution in [3.63, 3.8) is 0 Å². The zero-order valence-electron chi connectivity index (χ0n) is 23.2. The molecule has 0 spiro atoms. The molecule has 0 bridgehead atoms. The van der Waals surface area contributed by atoms with E-state index in [4.69, 9.17) is 0 Å². The minimum absolute atomic E-state index is 0.335. The summed E-state index contributed by atoms with van der Waals surface area (Å²) in [6, 6.07) is 1.13. The third-order valence-electron chi connectivity index (χ3n) is 9.75. The molecule has 2 saturated carbocycles. The van der Waals surface area contributed by atoms with Gasteiger partial charge >= 0.3 is 3.48 Å². The zero-order chi connectivity index (χ0) is 24.8. The van der Waals surface area contributed by atoms with Crippen molar-refractivity contribution in [3.05, 3.63) is 0 Å². The maximum atomic E-state index is 4.36. The van der Waals surface area contributed by atoms with Gasteiger partial charge < -0.3 is 0 Å². The van der Waals surface area contributed by atoms with Crippen LogP contribution in [0.2, 0.25) is 0 Å². The number of nitrogens with zero attached hydrogens (tertiary/aromatic N) is 2. The smallest absolute Gasteiger partial charge is 0.142 e. The third-order valence-corrected chi connectivity index (χ3v) is 11.3. The van der Waals surface area contributed by atoms with E-state index < -0.39 is 0 Å². The maximum Gasteiger partial charge on any atom is 0.462 e. The predicted octanol–water partition coefficient (Wildman–Crippen LogP) is 8.54. The summed E-state index contributed by atoms with van der Waals surface area (Å²) in [5.41, 5.74) is 2.95. The van der Waals surface area contributed by atoms with Gasteiger partial charge in [0.1, 0.15) is 0 Å². The fraction of sp³-hybridized carbons (Fsp3) is 0.931. The van der Waals surface area contributed by atoms with E-state index in [2.05, 4.69) is 110 Å². The van der Waals surface area contributed by atoms with Crippen molar-refractivity contribution in [2.24, 2.45) is 47.3 Å². The van der Waals surface area contributed by atoms with Crippen LogP contribution in [-0.2, 0) is 0 Å². The summed E-state index contributed by atoms with van der Waals surface area (Å²) in [6.45, 7) is 24.4. The molecule has 0 saturated heterocycles. The van der Waals surface area contributed by atoms with Crippen LogP contribution in [0.4, 0.5) is 0 Å². The van der Waals surface area contributed by atoms with E-state index >= 15 is 0 Å². The number of rotatable bonds is 6. The minimum Gasteiger partial charge on any atom is -0.142 e. The summed E-state index contributed by atoms with van der Waals surface area (Å²) >= 11 is 8.72. The SMILES string of the molecule is CC1=[N+](C2C(C(C)C)CCCC2C(C)C)C(Br)(Br)[N+](C2C(C(C)C)CCCC2C(C)C)=C1C. The summed E-state index contributed by atoms with van der Waals surface area (Å²) in [6.07, 6.45) is 8.20. The lowest BCUT2D eigenvalue weighted by molar-refractivity contribution is -0.788. The molecule has 190 valence electrons. The third kappa shape index (κ3) is 5.09. The Bertz CT molecular complexity index is 668. The molecule has 0 aromatic heterocycles. The Hall–Kier alpha value is 0.300. The Morgan fingerprint density at radius 1 is 0.576 bits per heavy atom. The maximum absolute atomic E-state index is 4.36. The van der Waals surface area contributed by atoms with Gasteiger partial charge in [-0.3, -0.25) is 0 Å². The molecule has 2 fully saturated rings. The van der Waals surface area contributed by atoms with Crippen LogP contribution < -0.4 is 0 Å². The number of hydrogen-bond donors (Lipinski definition) is 0. The normalized spacial score (nSPS) is 35.6. The molecule has 4 heteroatoms. The first-order valence-corrected chi connectivity index (χ1v) is 15.5. The van der Waals surface area contributed by atoms with Crippen LogP contribution in [0.3, 0.4) is 0 Å². The van der Waals surface area contributed by atoms with Gasteiger partial charge in [0.25, 0.3) is 0 Å². The predicted molar refractivity (Wildman–Crippen MR) is 151 cm³/mol. The quantitative estimate of drug-likeness (QED) is 0.167. The van der Waals surface area contributed by atoms with Crippen molar-refractivity contribution in [2.75, 3.05) is 0 Å². The summed E-state index contributed by atoms with van der Waals surface area (Å²) in [7, 11) is 0. The topological polar surface area (TPSA) is 6.02 Å². The molecule has 2 aliphatic carbocycles. The standard InChI is InChI=1S/C29H52Br2N2/c1-17(2)23-13-11-14-24(18(3)4)27(23)32-21(9)22(10)33(29(32,30)31)28-25(19(5)6)15-12-16-26(28)20(7)8/h17-20,23-28H,11-16H2,1-10H3/q+2. The number of halogens is 2. The number of hydrogen-bond acceptors (Lipinski definition) is 0. The second kappa shape index (κ2) is 10.7. The molecule has 0 N–H and O–H groups in total. The van der Waals surface area contributed by atoms with Crippen molar-refractivity contribution >= 4 is 43.3 Å². The Morgan fingerprint density at radius 3 is 1.03 bits per heavy atom. The van der Waals surface area contributed by atoms with E-state index in [1.807, 2.05) is 0 Å². The second-order valence-corrected chi connectivity index (χ2v) is 16.2. The van der Waals surface area contributed by atoms with Crippen LogP contribution >= 0.6 is 31.9 Å². The molecule has 0 amide bonds. The van der Waals surface area contributed by atoms with Crippen LogP contribution in [-0.4, -0.2) is 36.1 Å². The Labute approximate surface area is 222 Å².